The van der Waals surface area contributed by atoms with Gasteiger partial charge in [0.25, 0.3) is 0 Å². The third-order valence-electron chi connectivity index (χ3n) is 5.13. The van der Waals surface area contributed by atoms with Crippen LogP contribution in [0.3, 0.4) is 0 Å². The molecule has 9 heteroatoms. The zero-order valence-corrected chi connectivity index (χ0v) is 16.5. The Morgan fingerprint density at radius 1 is 1.21 bits per heavy atom. The Balaban J connectivity index is 1.40. The molecule has 2 aliphatic rings. The van der Waals surface area contributed by atoms with Crippen molar-refractivity contribution in [1.29, 1.82) is 0 Å². The number of rotatable bonds is 7. The number of hydrogen-bond donors (Lipinski definition) is 1. The molecule has 28 heavy (non-hydrogen) atoms. The van der Waals surface area contributed by atoms with Crippen LogP contribution in [0.5, 0.6) is 5.75 Å². The number of nitrogens with zero attached hydrogens (tertiary/aromatic N) is 2. The molecular weight excluding hydrogens is 392 g/mol. The van der Waals surface area contributed by atoms with E-state index in [0.29, 0.717) is 18.2 Å². The van der Waals surface area contributed by atoms with Gasteiger partial charge in [-0.25, -0.2) is 0 Å². The number of ether oxygens (including phenoxy) is 2. The Labute approximate surface area is 168 Å². The number of amides is 1. The fourth-order valence-electron chi connectivity index (χ4n) is 3.65. The molecule has 2 saturated heterocycles. The Hall–Kier alpha value is -1.48. The average molecular weight is 418 g/mol. The van der Waals surface area contributed by atoms with Gasteiger partial charge in [-0.2, -0.15) is 8.78 Å². The van der Waals surface area contributed by atoms with Crippen molar-refractivity contribution in [3.05, 3.63) is 23.2 Å². The van der Waals surface area contributed by atoms with Gasteiger partial charge in [0.15, 0.2) is 0 Å². The fourth-order valence-corrected chi connectivity index (χ4v) is 3.87. The van der Waals surface area contributed by atoms with Gasteiger partial charge in [0.2, 0.25) is 5.91 Å². The molecule has 1 aromatic rings. The van der Waals surface area contributed by atoms with E-state index in [-0.39, 0.29) is 16.7 Å². The fraction of sp³-hybridized carbons (Fsp3) is 0.632. The van der Waals surface area contributed by atoms with Crippen molar-refractivity contribution >= 4 is 23.2 Å². The minimum absolute atomic E-state index is 0.0297. The van der Waals surface area contributed by atoms with Gasteiger partial charge in [-0.1, -0.05) is 11.6 Å². The molecule has 2 heterocycles. The number of piperidine rings is 1. The summed E-state index contributed by atoms with van der Waals surface area (Å²) in [4.78, 5) is 16.9. The molecule has 0 aromatic heterocycles. The quantitative estimate of drug-likeness (QED) is 0.739. The number of anilines is 1. The van der Waals surface area contributed by atoms with Crippen molar-refractivity contribution in [2.75, 3.05) is 57.8 Å². The van der Waals surface area contributed by atoms with Gasteiger partial charge in [-0.15, -0.1) is 0 Å². The molecule has 0 unspecified atom stereocenters. The molecule has 1 aromatic carbocycles. The van der Waals surface area contributed by atoms with Gasteiger partial charge in [-0.05, 0) is 50.0 Å². The van der Waals surface area contributed by atoms with Crippen LogP contribution in [0.15, 0.2) is 18.2 Å². The number of morpholine rings is 1. The predicted molar refractivity (Wildman–Crippen MR) is 103 cm³/mol. The van der Waals surface area contributed by atoms with E-state index in [2.05, 4.69) is 19.9 Å². The number of hydrogen-bond acceptors (Lipinski definition) is 5. The normalized spacial score (nSPS) is 19.7. The highest BCUT2D eigenvalue weighted by Crippen LogP contribution is 2.29. The van der Waals surface area contributed by atoms with Gasteiger partial charge in [0, 0.05) is 25.3 Å². The van der Waals surface area contributed by atoms with Gasteiger partial charge in [-0.3, -0.25) is 14.6 Å². The van der Waals surface area contributed by atoms with Crippen molar-refractivity contribution in [2.45, 2.75) is 19.5 Å². The van der Waals surface area contributed by atoms with Crippen LogP contribution >= 0.6 is 11.6 Å². The second-order valence-corrected chi connectivity index (χ2v) is 7.61. The topological polar surface area (TPSA) is 54.0 Å². The Morgan fingerprint density at radius 3 is 2.57 bits per heavy atom. The van der Waals surface area contributed by atoms with Crippen molar-refractivity contribution in [3.8, 4) is 5.75 Å². The summed E-state index contributed by atoms with van der Waals surface area (Å²) < 4.78 is 34.2. The Morgan fingerprint density at radius 2 is 1.93 bits per heavy atom. The van der Waals surface area contributed by atoms with Crippen molar-refractivity contribution in [3.63, 3.8) is 0 Å². The Kier molecular flexibility index (Phi) is 7.84. The molecule has 1 amide bonds. The first-order chi connectivity index (χ1) is 13.5. The van der Waals surface area contributed by atoms with Crippen molar-refractivity contribution in [1.82, 2.24) is 9.80 Å². The summed E-state index contributed by atoms with van der Waals surface area (Å²) in [5, 5.41) is 2.79. The van der Waals surface area contributed by atoms with Crippen LogP contribution in [0.4, 0.5) is 14.5 Å². The van der Waals surface area contributed by atoms with Crippen LogP contribution in [0, 0.1) is 5.92 Å². The number of carbonyl (C=O) groups is 1. The maximum absolute atomic E-state index is 12.3. The zero-order valence-electron chi connectivity index (χ0n) is 15.7. The van der Waals surface area contributed by atoms with E-state index in [9.17, 15) is 13.6 Å². The first-order valence-corrected chi connectivity index (χ1v) is 9.94. The molecule has 2 aliphatic heterocycles. The summed E-state index contributed by atoms with van der Waals surface area (Å²) in [5.41, 5.74) is 0.457. The van der Waals surface area contributed by atoms with Gasteiger partial charge < -0.3 is 14.8 Å². The number of nitrogens with one attached hydrogen (secondary N) is 1. The summed E-state index contributed by atoms with van der Waals surface area (Å²) in [5.74, 6) is 0.404. The van der Waals surface area contributed by atoms with Crippen LogP contribution in [0.2, 0.25) is 5.02 Å². The van der Waals surface area contributed by atoms with E-state index >= 15 is 0 Å². The third-order valence-corrected chi connectivity index (χ3v) is 5.42. The van der Waals surface area contributed by atoms with E-state index < -0.39 is 6.61 Å². The van der Waals surface area contributed by atoms with Crippen LogP contribution in [0.25, 0.3) is 0 Å². The summed E-state index contributed by atoms with van der Waals surface area (Å²) in [6.45, 7) is 3.90. The van der Waals surface area contributed by atoms with Crippen molar-refractivity contribution < 1.29 is 23.0 Å². The average Bonchev–Trinajstić information content (AvgIpc) is 2.66. The first-order valence-electron chi connectivity index (χ1n) is 9.56. The molecule has 2 fully saturated rings. The number of alkyl halides is 2. The Bertz CT molecular complexity index is 651. The smallest absolute Gasteiger partial charge is 0.387 e. The van der Waals surface area contributed by atoms with Gasteiger partial charge >= 0.3 is 6.61 Å². The monoisotopic (exact) mass is 417 g/mol. The zero-order chi connectivity index (χ0) is 19.9. The molecule has 156 valence electrons. The standard InChI is InChI=1S/C19H26ClF2N3O3/c20-16-11-15(1-2-17(16)28-19(21)22)23-18(26)13-24-5-3-14(4-6-24)12-25-7-9-27-10-8-25/h1-2,11,14,19H,3-10,12-13H2,(H,23,26). The number of benzene rings is 1. The summed E-state index contributed by atoms with van der Waals surface area (Å²) in [6, 6.07) is 4.23. The maximum atomic E-state index is 12.3. The minimum Gasteiger partial charge on any atom is -0.433 e. The number of likely N-dealkylation sites (tertiary alicyclic amines) is 1. The number of carbonyl (C=O) groups excluding carboxylic acids is 1. The van der Waals surface area contributed by atoms with E-state index in [1.165, 1.54) is 18.2 Å². The molecule has 0 spiro atoms. The molecular formula is C19H26ClF2N3O3. The second kappa shape index (κ2) is 10.3. The lowest BCUT2D eigenvalue weighted by molar-refractivity contribution is -0.117. The van der Waals surface area contributed by atoms with Crippen LogP contribution in [0.1, 0.15) is 12.8 Å². The van der Waals surface area contributed by atoms with Crippen LogP contribution in [-0.4, -0.2) is 74.8 Å². The van der Waals surface area contributed by atoms with Crippen molar-refractivity contribution in [2.24, 2.45) is 5.92 Å². The molecule has 6 nitrogen and oxygen atoms in total. The van der Waals surface area contributed by atoms with Crippen LogP contribution < -0.4 is 10.1 Å². The minimum atomic E-state index is -2.94. The highest BCUT2D eigenvalue weighted by atomic mass is 35.5. The molecule has 0 atom stereocenters. The molecule has 0 saturated carbocycles. The van der Waals surface area contributed by atoms with E-state index in [1.54, 1.807) is 0 Å². The lowest BCUT2D eigenvalue weighted by atomic mass is 9.96. The second-order valence-electron chi connectivity index (χ2n) is 7.20. The van der Waals surface area contributed by atoms with E-state index in [4.69, 9.17) is 16.3 Å². The molecule has 0 aliphatic carbocycles. The van der Waals surface area contributed by atoms with E-state index in [0.717, 1.165) is 58.8 Å². The van der Waals surface area contributed by atoms with Crippen LogP contribution in [-0.2, 0) is 9.53 Å². The SMILES string of the molecule is O=C(CN1CCC(CN2CCOCC2)CC1)Nc1ccc(OC(F)F)c(Cl)c1. The van der Waals surface area contributed by atoms with E-state index in [1.807, 2.05) is 0 Å². The lowest BCUT2D eigenvalue weighted by Gasteiger charge is -2.35. The highest BCUT2D eigenvalue weighted by Gasteiger charge is 2.23. The first kappa shape index (κ1) is 21.2. The predicted octanol–water partition coefficient (Wildman–Crippen LogP) is 2.92. The lowest BCUT2D eigenvalue weighted by Crippen LogP contribution is -2.44. The van der Waals surface area contributed by atoms with Gasteiger partial charge in [0.05, 0.1) is 24.8 Å². The number of halogens is 3. The summed E-state index contributed by atoms with van der Waals surface area (Å²) in [6.07, 6.45) is 2.16. The molecule has 0 radical (unpaired) electrons. The highest BCUT2D eigenvalue weighted by molar-refractivity contribution is 6.32. The largest absolute Gasteiger partial charge is 0.433 e. The molecule has 0 bridgehead atoms. The van der Waals surface area contributed by atoms with Gasteiger partial charge in [0.1, 0.15) is 5.75 Å². The third kappa shape index (κ3) is 6.55. The molecule has 1 N–H and O–H groups in total. The summed E-state index contributed by atoms with van der Waals surface area (Å²) >= 11 is 5.91. The summed E-state index contributed by atoms with van der Waals surface area (Å²) in [7, 11) is 0. The molecule has 3 rings (SSSR count). The maximum Gasteiger partial charge on any atom is 0.387 e.